The molecule has 0 unspecified atom stereocenters. The number of carbonyl (C=O) groups is 1. The van der Waals surface area contributed by atoms with Crippen molar-refractivity contribution in [3.05, 3.63) is 35.4 Å². The monoisotopic (exact) mass is 192 g/mol. The van der Waals surface area contributed by atoms with Crippen LogP contribution < -0.4 is 5.32 Å². The maximum absolute atomic E-state index is 10.2. The highest BCUT2D eigenvalue weighted by Crippen LogP contribution is 2.03. The highest BCUT2D eigenvalue weighted by molar-refractivity contribution is 5.64. The van der Waals surface area contributed by atoms with E-state index in [0.717, 1.165) is 11.1 Å². The Hall–Kier alpha value is -1.84. The van der Waals surface area contributed by atoms with Gasteiger partial charge in [0.25, 0.3) is 0 Å². The highest BCUT2D eigenvalue weighted by Gasteiger charge is 1.97. The molecule has 1 rings (SSSR count). The number of carbonyl (C=O) groups excluding carboxylic acids is 1. The first-order chi connectivity index (χ1) is 6.72. The largest absolute Gasteiger partial charge is 0.465 e. The van der Waals surface area contributed by atoms with E-state index in [4.69, 9.17) is 5.11 Å². The molecular weight excluding hydrogens is 182 g/mol. The summed E-state index contributed by atoms with van der Waals surface area (Å²) in [4.78, 5) is 20.2. The Morgan fingerprint density at radius 3 is 2.36 bits per heavy atom. The van der Waals surface area contributed by atoms with Crippen molar-refractivity contribution >= 4 is 12.4 Å². The second-order valence-electron chi connectivity index (χ2n) is 2.80. The summed E-state index contributed by atoms with van der Waals surface area (Å²) in [6.45, 7) is 0.278. The Bertz CT molecular complexity index is 319. The lowest BCUT2D eigenvalue weighted by atomic mass is 10.1. The van der Waals surface area contributed by atoms with Gasteiger partial charge in [0.2, 0.25) is 6.29 Å². The molecule has 4 nitrogen and oxygen atoms in total. The Kier molecular flexibility index (Phi) is 3.67. The van der Waals surface area contributed by atoms with Crippen molar-refractivity contribution in [3.63, 3.8) is 0 Å². The van der Waals surface area contributed by atoms with E-state index in [1.165, 1.54) is 0 Å². The van der Waals surface area contributed by atoms with Crippen molar-refractivity contribution in [2.24, 2.45) is 0 Å². The highest BCUT2D eigenvalue weighted by atomic mass is 16.4. The number of nitrogens with one attached hydrogen (secondary N) is 1. The van der Waals surface area contributed by atoms with Gasteiger partial charge in [-0.15, -0.1) is 0 Å². The summed E-state index contributed by atoms with van der Waals surface area (Å²) in [6.07, 6.45) is 1.02. The molecule has 1 aromatic carbocycles. The van der Waals surface area contributed by atoms with Crippen molar-refractivity contribution in [1.29, 1.82) is 0 Å². The molecule has 1 radical (unpaired) electrons. The van der Waals surface area contributed by atoms with Gasteiger partial charge in [-0.1, -0.05) is 24.3 Å². The van der Waals surface area contributed by atoms with E-state index in [1.54, 1.807) is 30.6 Å². The molecule has 1 aromatic rings. The minimum absolute atomic E-state index is 0.270. The van der Waals surface area contributed by atoms with E-state index < -0.39 is 6.09 Å². The number of amides is 1. The Morgan fingerprint density at radius 1 is 1.29 bits per heavy atom. The summed E-state index contributed by atoms with van der Waals surface area (Å²) >= 11 is 0. The van der Waals surface area contributed by atoms with Crippen LogP contribution in [-0.4, -0.2) is 17.5 Å². The minimum atomic E-state index is -1.05. The third kappa shape index (κ3) is 3.26. The minimum Gasteiger partial charge on any atom is -0.465 e. The second-order valence-corrected chi connectivity index (χ2v) is 2.80. The van der Waals surface area contributed by atoms with Crippen molar-refractivity contribution < 1.29 is 14.7 Å². The zero-order valence-electron chi connectivity index (χ0n) is 7.49. The number of rotatable bonds is 4. The number of carboxylic acid groups (broad SMARTS) is 1. The predicted molar refractivity (Wildman–Crippen MR) is 50.7 cm³/mol. The van der Waals surface area contributed by atoms with Gasteiger partial charge in [0, 0.05) is 13.0 Å². The molecule has 0 atom stereocenters. The molecule has 73 valence electrons. The smallest absolute Gasteiger partial charge is 0.404 e. The average molecular weight is 192 g/mol. The zero-order valence-corrected chi connectivity index (χ0v) is 7.49. The second kappa shape index (κ2) is 5.01. The Morgan fingerprint density at radius 2 is 1.86 bits per heavy atom. The summed E-state index contributed by atoms with van der Waals surface area (Å²) in [7, 11) is 0. The van der Waals surface area contributed by atoms with Gasteiger partial charge in [-0.25, -0.2) is 4.79 Å². The number of benzene rings is 1. The molecule has 0 saturated heterocycles. The molecule has 0 heterocycles. The maximum Gasteiger partial charge on any atom is 0.404 e. The summed E-state index contributed by atoms with van der Waals surface area (Å²) in [5, 5.41) is 10.6. The topological polar surface area (TPSA) is 66.4 Å². The summed E-state index contributed by atoms with van der Waals surface area (Å²) in [6, 6.07) is 7.12. The fourth-order valence-corrected chi connectivity index (χ4v) is 1.04. The molecule has 0 aliphatic carbocycles. The molecule has 0 aliphatic rings. The molecule has 0 aliphatic heterocycles. The molecule has 0 fully saturated rings. The van der Waals surface area contributed by atoms with Crippen LogP contribution in [-0.2, 0) is 17.8 Å². The standard InChI is InChI=1S/C10H10NO3/c12-6-5-8-1-3-9(4-2-8)7-11-10(13)14/h1-4,11H,5,7H2,(H,13,14). The van der Waals surface area contributed by atoms with Gasteiger partial charge < -0.3 is 10.4 Å². The fourth-order valence-electron chi connectivity index (χ4n) is 1.04. The van der Waals surface area contributed by atoms with E-state index in [9.17, 15) is 9.59 Å². The maximum atomic E-state index is 10.2. The average Bonchev–Trinajstić information content (AvgIpc) is 2.17. The van der Waals surface area contributed by atoms with Crippen molar-refractivity contribution in [3.8, 4) is 0 Å². The lowest BCUT2D eigenvalue weighted by molar-refractivity contribution is 0.194. The third-order valence-corrected chi connectivity index (χ3v) is 1.74. The first kappa shape index (κ1) is 10.2. The van der Waals surface area contributed by atoms with Crippen LogP contribution in [0.2, 0.25) is 0 Å². The lowest BCUT2D eigenvalue weighted by Gasteiger charge is -2.01. The van der Waals surface area contributed by atoms with Crippen LogP contribution in [0.1, 0.15) is 11.1 Å². The van der Waals surface area contributed by atoms with Crippen LogP contribution in [0.5, 0.6) is 0 Å². The normalized spacial score (nSPS) is 9.43. The molecule has 4 heteroatoms. The number of hydrogen-bond donors (Lipinski definition) is 2. The lowest BCUT2D eigenvalue weighted by Crippen LogP contribution is -2.19. The molecule has 0 saturated carbocycles. The van der Waals surface area contributed by atoms with E-state index in [2.05, 4.69) is 5.32 Å². The molecule has 0 aromatic heterocycles. The Labute approximate surface area is 81.6 Å². The predicted octanol–water partition coefficient (Wildman–Crippen LogP) is 1.11. The van der Waals surface area contributed by atoms with Gasteiger partial charge in [-0.05, 0) is 11.1 Å². The molecular formula is C10H10NO3. The van der Waals surface area contributed by atoms with Gasteiger partial charge in [-0.2, -0.15) is 0 Å². The SMILES string of the molecule is O=[C]Cc1ccc(CNC(=O)O)cc1. The first-order valence-corrected chi connectivity index (χ1v) is 4.12. The summed E-state index contributed by atoms with van der Waals surface area (Å²) in [5.74, 6) is 0. The van der Waals surface area contributed by atoms with Crippen LogP contribution in [0.4, 0.5) is 4.79 Å². The third-order valence-electron chi connectivity index (χ3n) is 1.74. The fraction of sp³-hybridized carbons (Fsp3) is 0.200. The van der Waals surface area contributed by atoms with Gasteiger partial charge in [0.15, 0.2) is 0 Å². The number of hydrogen-bond acceptors (Lipinski definition) is 2. The molecule has 0 bridgehead atoms. The van der Waals surface area contributed by atoms with Crippen LogP contribution >= 0.6 is 0 Å². The van der Waals surface area contributed by atoms with E-state index in [-0.39, 0.29) is 13.0 Å². The van der Waals surface area contributed by atoms with Crippen LogP contribution in [0.3, 0.4) is 0 Å². The van der Waals surface area contributed by atoms with Crippen molar-refractivity contribution in [2.75, 3.05) is 0 Å². The molecule has 2 N–H and O–H groups in total. The van der Waals surface area contributed by atoms with Crippen LogP contribution in [0.25, 0.3) is 0 Å². The summed E-state index contributed by atoms with van der Waals surface area (Å²) < 4.78 is 0. The van der Waals surface area contributed by atoms with Crippen molar-refractivity contribution in [1.82, 2.24) is 5.32 Å². The van der Waals surface area contributed by atoms with Gasteiger partial charge in [0.1, 0.15) is 0 Å². The molecule has 0 spiro atoms. The quantitative estimate of drug-likeness (QED) is 0.750. The van der Waals surface area contributed by atoms with E-state index >= 15 is 0 Å². The molecule has 1 amide bonds. The van der Waals surface area contributed by atoms with Gasteiger partial charge >= 0.3 is 6.09 Å². The van der Waals surface area contributed by atoms with Gasteiger partial charge in [0.05, 0.1) is 0 Å². The zero-order chi connectivity index (χ0) is 10.4. The van der Waals surface area contributed by atoms with Crippen LogP contribution in [0, 0.1) is 0 Å². The molecule has 14 heavy (non-hydrogen) atoms. The summed E-state index contributed by atoms with van der Waals surface area (Å²) in [5.41, 5.74) is 1.74. The first-order valence-electron chi connectivity index (χ1n) is 4.12. The van der Waals surface area contributed by atoms with E-state index in [1.807, 2.05) is 0 Å². The van der Waals surface area contributed by atoms with Crippen molar-refractivity contribution in [2.45, 2.75) is 13.0 Å². The Balaban J connectivity index is 2.54. The van der Waals surface area contributed by atoms with Gasteiger partial charge in [-0.3, -0.25) is 4.79 Å². The van der Waals surface area contributed by atoms with Crippen LogP contribution in [0.15, 0.2) is 24.3 Å². The van der Waals surface area contributed by atoms with E-state index in [0.29, 0.717) is 0 Å².